The van der Waals surface area contributed by atoms with Crippen molar-refractivity contribution in [3.05, 3.63) is 59.7 Å². The van der Waals surface area contributed by atoms with Crippen LogP contribution in [0.1, 0.15) is 49.8 Å². The fourth-order valence-corrected chi connectivity index (χ4v) is 4.40. The minimum Gasteiger partial charge on any atom is -0.349 e. The third-order valence-corrected chi connectivity index (χ3v) is 6.32. The van der Waals surface area contributed by atoms with Gasteiger partial charge in [0, 0.05) is 5.92 Å². The monoisotopic (exact) mass is 416 g/mol. The highest BCUT2D eigenvalue weighted by atomic mass is 16.2. The van der Waals surface area contributed by atoms with E-state index in [0.717, 1.165) is 16.7 Å². The molecule has 1 spiro atoms. The summed E-state index contributed by atoms with van der Waals surface area (Å²) in [7, 11) is 0. The summed E-state index contributed by atoms with van der Waals surface area (Å²) in [5, 5.41) is 17.2. The minimum atomic E-state index is -0.849. The number of nitriles is 1. The lowest BCUT2D eigenvalue weighted by atomic mass is 9.76. The SMILES string of the molecule is CC(NC(=O)C1CCC2(CC1)NC(=O)NC2=O)c1ccc(-c2cccc(C#N)c2)cc1. The molecule has 0 bridgehead atoms. The van der Waals surface area contributed by atoms with E-state index in [1.165, 1.54) is 0 Å². The van der Waals surface area contributed by atoms with Crippen molar-refractivity contribution in [1.29, 1.82) is 5.26 Å². The van der Waals surface area contributed by atoms with E-state index in [4.69, 9.17) is 5.26 Å². The normalized spacial score (nSPS) is 23.5. The summed E-state index contributed by atoms with van der Waals surface area (Å²) in [5.41, 5.74) is 2.74. The van der Waals surface area contributed by atoms with Crippen molar-refractivity contribution in [3.63, 3.8) is 0 Å². The number of rotatable bonds is 4. The quantitative estimate of drug-likeness (QED) is 0.665. The molecule has 1 aliphatic carbocycles. The zero-order valence-electron chi connectivity index (χ0n) is 17.3. The van der Waals surface area contributed by atoms with Gasteiger partial charge in [-0.1, -0.05) is 36.4 Å². The highest BCUT2D eigenvalue weighted by molar-refractivity contribution is 6.07. The number of hydrogen-bond donors (Lipinski definition) is 3. The van der Waals surface area contributed by atoms with E-state index in [0.29, 0.717) is 31.2 Å². The Hall–Kier alpha value is -3.66. The fourth-order valence-electron chi connectivity index (χ4n) is 4.40. The van der Waals surface area contributed by atoms with Crippen LogP contribution >= 0.6 is 0 Å². The van der Waals surface area contributed by atoms with E-state index in [9.17, 15) is 14.4 Å². The molecule has 1 saturated heterocycles. The Morgan fingerprint density at radius 3 is 2.45 bits per heavy atom. The lowest BCUT2D eigenvalue weighted by Crippen LogP contribution is -2.51. The van der Waals surface area contributed by atoms with Crippen LogP contribution in [0.15, 0.2) is 48.5 Å². The molecule has 1 atom stereocenters. The summed E-state index contributed by atoms with van der Waals surface area (Å²) < 4.78 is 0. The third-order valence-electron chi connectivity index (χ3n) is 6.32. The van der Waals surface area contributed by atoms with Crippen molar-refractivity contribution in [2.24, 2.45) is 5.92 Å². The third kappa shape index (κ3) is 4.15. The predicted molar refractivity (Wildman–Crippen MR) is 115 cm³/mol. The first kappa shape index (κ1) is 20.6. The summed E-state index contributed by atoms with van der Waals surface area (Å²) in [5.74, 6) is -0.491. The fraction of sp³-hybridized carbons (Fsp3) is 0.333. The van der Waals surface area contributed by atoms with E-state index < -0.39 is 11.6 Å². The zero-order chi connectivity index (χ0) is 22.0. The van der Waals surface area contributed by atoms with Gasteiger partial charge in [-0.05, 0) is 61.4 Å². The van der Waals surface area contributed by atoms with Gasteiger partial charge in [-0.2, -0.15) is 5.26 Å². The summed E-state index contributed by atoms with van der Waals surface area (Å²) in [6, 6.07) is 16.9. The number of carbonyl (C=O) groups is 3. The summed E-state index contributed by atoms with van der Waals surface area (Å²) in [6.45, 7) is 1.94. The maximum Gasteiger partial charge on any atom is 0.322 e. The average molecular weight is 416 g/mol. The van der Waals surface area contributed by atoms with Crippen LogP contribution < -0.4 is 16.0 Å². The molecule has 0 aromatic heterocycles. The lowest BCUT2D eigenvalue weighted by molar-refractivity contribution is -0.130. The molecule has 7 nitrogen and oxygen atoms in total. The first-order valence-corrected chi connectivity index (χ1v) is 10.4. The van der Waals surface area contributed by atoms with Gasteiger partial charge in [0.15, 0.2) is 0 Å². The molecule has 0 radical (unpaired) electrons. The summed E-state index contributed by atoms with van der Waals surface area (Å²) in [6.07, 6.45) is 2.04. The van der Waals surface area contributed by atoms with Crippen LogP contribution in [-0.4, -0.2) is 23.4 Å². The van der Waals surface area contributed by atoms with Crippen LogP contribution in [0.5, 0.6) is 0 Å². The van der Waals surface area contributed by atoms with Gasteiger partial charge in [-0.25, -0.2) is 4.79 Å². The molecule has 4 amide bonds. The highest BCUT2D eigenvalue weighted by Gasteiger charge is 2.48. The Kier molecular flexibility index (Phi) is 5.47. The van der Waals surface area contributed by atoms with Gasteiger partial charge < -0.3 is 10.6 Å². The second kappa shape index (κ2) is 8.23. The Morgan fingerprint density at radius 2 is 1.84 bits per heavy atom. The molecule has 7 heteroatoms. The van der Waals surface area contributed by atoms with E-state index in [1.54, 1.807) is 6.07 Å². The van der Waals surface area contributed by atoms with Crippen LogP contribution in [0.25, 0.3) is 11.1 Å². The Balaban J connectivity index is 1.35. The van der Waals surface area contributed by atoms with Gasteiger partial charge in [-0.15, -0.1) is 0 Å². The van der Waals surface area contributed by atoms with Gasteiger partial charge in [0.25, 0.3) is 5.91 Å². The van der Waals surface area contributed by atoms with Gasteiger partial charge >= 0.3 is 6.03 Å². The molecule has 158 valence electrons. The van der Waals surface area contributed by atoms with E-state index in [2.05, 4.69) is 22.0 Å². The number of benzene rings is 2. The number of nitrogens with zero attached hydrogens (tertiary/aromatic N) is 1. The number of carbonyl (C=O) groups excluding carboxylic acids is 3. The second-order valence-corrected chi connectivity index (χ2v) is 8.31. The number of imide groups is 1. The topological polar surface area (TPSA) is 111 Å². The van der Waals surface area contributed by atoms with Crippen LogP contribution in [0.2, 0.25) is 0 Å². The number of urea groups is 1. The van der Waals surface area contributed by atoms with Crippen molar-refractivity contribution in [3.8, 4) is 17.2 Å². The maximum atomic E-state index is 12.8. The largest absolute Gasteiger partial charge is 0.349 e. The second-order valence-electron chi connectivity index (χ2n) is 8.31. The van der Waals surface area contributed by atoms with Crippen LogP contribution in [-0.2, 0) is 9.59 Å². The molecule has 2 aromatic rings. The van der Waals surface area contributed by atoms with Crippen molar-refractivity contribution < 1.29 is 14.4 Å². The Labute approximate surface area is 180 Å². The molecular formula is C24H24N4O3. The van der Waals surface area contributed by atoms with Crippen molar-refractivity contribution in [2.75, 3.05) is 0 Å². The predicted octanol–water partition coefficient (Wildman–Crippen LogP) is 3.17. The van der Waals surface area contributed by atoms with Gasteiger partial charge in [0.2, 0.25) is 5.91 Å². The molecule has 1 heterocycles. The lowest BCUT2D eigenvalue weighted by Gasteiger charge is -2.34. The molecular weight excluding hydrogens is 392 g/mol. The molecule has 1 saturated carbocycles. The van der Waals surface area contributed by atoms with Crippen LogP contribution in [0, 0.1) is 17.2 Å². The van der Waals surface area contributed by atoms with E-state index in [1.807, 2.05) is 49.4 Å². The first-order valence-electron chi connectivity index (χ1n) is 10.4. The van der Waals surface area contributed by atoms with Crippen LogP contribution in [0.3, 0.4) is 0 Å². The van der Waals surface area contributed by atoms with E-state index in [-0.39, 0.29) is 23.8 Å². The molecule has 3 N–H and O–H groups in total. The zero-order valence-corrected chi connectivity index (χ0v) is 17.3. The number of amides is 4. The van der Waals surface area contributed by atoms with Gasteiger partial charge in [0.05, 0.1) is 17.7 Å². The standard InChI is InChI=1S/C24H24N4O3/c1-15(17-5-7-18(8-6-17)20-4-2-3-16(13-20)14-25)26-21(29)19-9-11-24(12-10-19)22(30)27-23(31)28-24/h2-8,13,15,19H,9-12H2,1H3,(H,26,29)(H2,27,28,30,31). The summed E-state index contributed by atoms with van der Waals surface area (Å²) >= 11 is 0. The first-order chi connectivity index (χ1) is 14.9. The number of hydrogen-bond acceptors (Lipinski definition) is 4. The maximum absolute atomic E-state index is 12.8. The molecule has 31 heavy (non-hydrogen) atoms. The van der Waals surface area contributed by atoms with Crippen molar-refractivity contribution in [1.82, 2.24) is 16.0 Å². The summed E-state index contributed by atoms with van der Waals surface area (Å²) in [4.78, 5) is 36.3. The smallest absolute Gasteiger partial charge is 0.322 e. The van der Waals surface area contributed by atoms with Gasteiger partial charge in [-0.3, -0.25) is 14.9 Å². The molecule has 1 unspecified atom stereocenters. The van der Waals surface area contributed by atoms with Crippen LogP contribution in [0.4, 0.5) is 4.79 Å². The molecule has 1 aliphatic heterocycles. The molecule has 2 fully saturated rings. The van der Waals surface area contributed by atoms with Crippen molar-refractivity contribution in [2.45, 2.75) is 44.2 Å². The molecule has 2 aromatic carbocycles. The van der Waals surface area contributed by atoms with Crippen molar-refractivity contribution >= 4 is 17.8 Å². The Bertz CT molecular complexity index is 1060. The molecule has 2 aliphatic rings. The average Bonchev–Trinajstić information content (AvgIpc) is 3.06. The minimum absolute atomic E-state index is 0.0297. The highest BCUT2D eigenvalue weighted by Crippen LogP contribution is 2.34. The molecule has 4 rings (SSSR count). The van der Waals surface area contributed by atoms with Gasteiger partial charge in [0.1, 0.15) is 5.54 Å². The Morgan fingerprint density at radius 1 is 1.13 bits per heavy atom. The number of nitrogens with one attached hydrogen (secondary N) is 3. The van der Waals surface area contributed by atoms with E-state index >= 15 is 0 Å².